The van der Waals surface area contributed by atoms with Crippen LogP contribution in [0.15, 0.2) is 47.9 Å². The Morgan fingerprint density at radius 1 is 1.29 bits per heavy atom. The zero-order valence-electron chi connectivity index (χ0n) is 11.4. The minimum Gasteiger partial charge on any atom is -0.481 e. The van der Waals surface area contributed by atoms with E-state index in [1.54, 1.807) is 12.4 Å². The number of aliphatic carboxylic acids is 1. The first-order chi connectivity index (χ1) is 10.1. The number of carboxylic acids is 1. The van der Waals surface area contributed by atoms with E-state index in [0.29, 0.717) is 5.16 Å². The molecule has 2 aromatic heterocycles. The van der Waals surface area contributed by atoms with Gasteiger partial charge in [-0.15, -0.1) is 0 Å². The molecule has 0 aliphatic heterocycles. The molecule has 0 unspecified atom stereocenters. The molecular weight excluding hydrogens is 286 g/mol. The number of benzene rings is 1. The lowest BCUT2D eigenvalue weighted by Crippen LogP contribution is -2.03. The standard InChI is InChI=1S/C15H13N3O2S/c1-10-7-17-15(21-9-14(19)20)18(10)12-6-11-4-2-3-5-13(11)16-8-12/h2-8H,9H2,1H3,(H,19,20). The molecule has 3 aromatic rings. The van der Waals surface area contributed by atoms with Crippen molar-refractivity contribution in [2.24, 2.45) is 0 Å². The number of fused-ring (bicyclic) bond motifs is 1. The average molecular weight is 299 g/mol. The summed E-state index contributed by atoms with van der Waals surface area (Å²) in [6, 6.07) is 9.91. The lowest BCUT2D eigenvalue weighted by atomic mass is 10.2. The van der Waals surface area contributed by atoms with E-state index in [9.17, 15) is 4.79 Å². The van der Waals surface area contributed by atoms with Crippen molar-refractivity contribution in [3.05, 3.63) is 48.4 Å². The average Bonchev–Trinajstić information content (AvgIpc) is 2.85. The van der Waals surface area contributed by atoms with Crippen molar-refractivity contribution in [1.29, 1.82) is 0 Å². The van der Waals surface area contributed by atoms with Gasteiger partial charge in [0.25, 0.3) is 0 Å². The van der Waals surface area contributed by atoms with Crippen LogP contribution in [-0.4, -0.2) is 31.4 Å². The number of carboxylic acid groups (broad SMARTS) is 1. The lowest BCUT2D eigenvalue weighted by molar-refractivity contribution is -0.133. The van der Waals surface area contributed by atoms with Crippen LogP contribution in [0.5, 0.6) is 0 Å². The van der Waals surface area contributed by atoms with Gasteiger partial charge in [0.1, 0.15) is 0 Å². The van der Waals surface area contributed by atoms with Crippen molar-refractivity contribution in [3.8, 4) is 5.69 Å². The summed E-state index contributed by atoms with van der Waals surface area (Å²) < 4.78 is 1.92. The summed E-state index contributed by atoms with van der Waals surface area (Å²) in [5, 5.41) is 10.5. The van der Waals surface area contributed by atoms with Crippen LogP contribution in [0.2, 0.25) is 0 Å². The molecule has 0 aliphatic carbocycles. The number of thioether (sulfide) groups is 1. The molecular formula is C15H13N3O2S. The normalized spacial score (nSPS) is 10.9. The summed E-state index contributed by atoms with van der Waals surface area (Å²) in [5.41, 5.74) is 2.76. The SMILES string of the molecule is Cc1cnc(SCC(=O)O)n1-c1cnc2ccccc2c1. The van der Waals surface area contributed by atoms with E-state index in [4.69, 9.17) is 5.11 Å². The fourth-order valence-electron chi connectivity index (χ4n) is 2.14. The molecule has 1 N–H and O–H groups in total. The summed E-state index contributed by atoms with van der Waals surface area (Å²) in [5.74, 6) is -0.874. The molecule has 0 bridgehead atoms. The number of rotatable bonds is 4. The van der Waals surface area contributed by atoms with Crippen LogP contribution in [-0.2, 0) is 4.79 Å². The Morgan fingerprint density at radius 3 is 2.90 bits per heavy atom. The monoisotopic (exact) mass is 299 g/mol. The molecule has 106 valence electrons. The van der Waals surface area contributed by atoms with Gasteiger partial charge in [0.2, 0.25) is 0 Å². The Labute approximate surface area is 125 Å². The van der Waals surface area contributed by atoms with Gasteiger partial charge in [-0.25, -0.2) is 4.98 Å². The second-order valence-corrected chi connectivity index (χ2v) is 5.53. The first-order valence-corrected chi connectivity index (χ1v) is 7.38. The van der Waals surface area contributed by atoms with Crippen LogP contribution in [0.1, 0.15) is 5.69 Å². The maximum Gasteiger partial charge on any atom is 0.313 e. The highest BCUT2D eigenvalue weighted by Gasteiger charge is 2.12. The molecule has 6 heteroatoms. The largest absolute Gasteiger partial charge is 0.481 e. The summed E-state index contributed by atoms with van der Waals surface area (Å²) in [6.45, 7) is 1.94. The second-order valence-electron chi connectivity index (χ2n) is 4.59. The third kappa shape index (κ3) is 2.75. The van der Waals surface area contributed by atoms with Gasteiger partial charge in [-0.3, -0.25) is 14.3 Å². The Kier molecular flexibility index (Phi) is 3.62. The molecule has 21 heavy (non-hydrogen) atoms. The number of aromatic nitrogens is 3. The maximum atomic E-state index is 10.7. The quantitative estimate of drug-likeness (QED) is 0.750. The van der Waals surface area contributed by atoms with E-state index in [1.165, 1.54) is 11.8 Å². The molecule has 5 nitrogen and oxygen atoms in total. The van der Waals surface area contributed by atoms with Gasteiger partial charge in [-0.1, -0.05) is 30.0 Å². The van der Waals surface area contributed by atoms with Gasteiger partial charge in [0, 0.05) is 17.3 Å². The highest BCUT2D eigenvalue weighted by atomic mass is 32.2. The van der Waals surface area contributed by atoms with Crippen molar-refractivity contribution in [2.75, 3.05) is 5.75 Å². The number of aryl methyl sites for hydroxylation is 1. The molecule has 0 saturated carbocycles. The van der Waals surface area contributed by atoms with Gasteiger partial charge in [-0.2, -0.15) is 0 Å². The zero-order chi connectivity index (χ0) is 14.8. The van der Waals surface area contributed by atoms with E-state index in [2.05, 4.69) is 9.97 Å². The molecule has 3 rings (SSSR count). The number of hydrogen-bond acceptors (Lipinski definition) is 4. The van der Waals surface area contributed by atoms with Crippen LogP contribution in [0.4, 0.5) is 0 Å². The number of nitrogens with zero attached hydrogens (tertiary/aromatic N) is 3. The predicted octanol–water partition coefficient (Wildman–Crippen LogP) is 2.91. The summed E-state index contributed by atoms with van der Waals surface area (Å²) in [4.78, 5) is 19.5. The Morgan fingerprint density at radius 2 is 2.10 bits per heavy atom. The summed E-state index contributed by atoms with van der Waals surface area (Å²) in [6.07, 6.45) is 3.52. The Bertz CT molecular complexity index is 814. The smallest absolute Gasteiger partial charge is 0.313 e. The molecule has 2 heterocycles. The topological polar surface area (TPSA) is 68.0 Å². The molecule has 0 amide bonds. The first-order valence-electron chi connectivity index (χ1n) is 6.39. The van der Waals surface area contributed by atoms with Crippen molar-refractivity contribution >= 4 is 28.6 Å². The van der Waals surface area contributed by atoms with Crippen molar-refractivity contribution < 1.29 is 9.90 Å². The van der Waals surface area contributed by atoms with Gasteiger partial charge >= 0.3 is 5.97 Å². The van der Waals surface area contributed by atoms with Crippen LogP contribution in [0.25, 0.3) is 16.6 Å². The van der Waals surface area contributed by atoms with Gasteiger partial charge < -0.3 is 5.11 Å². The van der Waals surface area contributed by atoms with Crippen molar-refractivity contribution in [1.82, 2.24) is 14.5 Å². The van der Waals surface area contributed by atoms with Gasteiger partial charge in [-0.05, 0) is 19.1 Å². The first kappa shape index (κ1) is 13.6. The number of para-hydroxylation sites is 1. The highest BCUT2D eigenvalue weighted by molar-refractivity contribution is 7.99. The van der Waals surface area contributed by atoms with Crippen molar-refractivity contribution in [2.45, 2.75) is 12.1 Å². The minimum absolute atomic E-state index is 0.0164. The molecule has 0 fully saturated rings. The summed E-state index contributed by atoms with van der Waals surface area (Å²) in [7, 11) is 0. The third-order valence-corrected chi connectivity index (χ3v) is 4.00. The molecule has 0 spiro atoms. The minimum atomic E-state index is -0.858. The van der Waals surface area contributed by atoms with Crippen LogP contribution < -0.4 is 0 Å². The number of carbonyl (C=O) groups is 1. The molecule has 0 atom stereocenters. The van der Waals surface area contributed by atoms with E-state index in [1.807, 2.05) is 41.8 Å². The Balaban J connectivity index is 2.05. The van der Waals surface area contributed by atoms with E-state index in [-0.39, 0.29) is 5.75 Å². The fraction of sp³-hybridized carbons (Fsp3) is 0.133. The van der Waals surface area contributed by atoms with Crippen LogP contribution in [0, 0.1) is 6.92 Å². The van der Waals surface area contributed by atoms with E-state index < -0.39 is 5.97 Å². The van der Waals surface area contributed by atoms with Gasteiger partial charge in [0.15, 0.2) is 5.16 Å². The van der Waals surface area contributed by atoms with Crippen molar-refractivity contribution in [3.63, 3.8) is 0 Å². The van der Waals surface area contributed by atoms with Crippen LogP contribution in [0.3, 0.4) is 0 Å². The molecule has 0 saturated heterocycles. The maximum absolute atomic E-state index is 10.7. The second kappa shape index (κ2) is 5.57. The molecule has 0 radical (unpaired) electrons. The Hall–Kier alpha value is -2.34. The molecule has 0 aliphatic rings. The van der Waals surface area contributed by atoms with E-state index >= 15 is 0 Å². The molecule has 1 aromatic carbocycles. The van der Waals surface area contributed by atoms with Gasteiger partial charge in [0.05, 0.1) is 23.2 Å². The predicted molar refractivity (Wildman–Crippen MR) is 82.0 cm³/mol. The zero-order valence-corrected chi connectivity index (χ0v) is 12.2. The fourth-order valence-corrected chi connectivity index (χ4v) is 2.90. The third-order valence-electron chi connectivity index (χ3n) is 3.06. The number of pyridine rings is 1. The highest BCUT2D eigenvalue weighted by Crippen LogP contribution is 2.24. The lowest BCUT2D eigenvalue weighted by Gasteiger charge is -2.09. The summed E-state index contributed by atoms with van der Waals surface area (Å²) >= 11 is 1.20. The number of imidazole rings is 1. The van der Waals surface area contributed by atoms with Crippen LogP contribution >= 0.6 is 11.8 Å². The number of hydrogen-bond donors (Lipinski definition) is 1. The van der Waals surface area contributed by atoms with E-state index in [0.717, 1.165) is 22.3 Å².